The zero-order valence-electron chi connectivity index (χ0n) is 9.76. The van der Waals surface area contributed by atoms with Crippen molar-refractivity contribution in [2.24, 2.45) is 11.8 Å². The van der Waals surface area contributed by atoms with E-state index in [2.05, 4.69) is 53.5 Å². The summed E-state index contributed by atoms with van der Waals surface area (Å²) in [5.41, 5.74) is 0. The zero-order valence-corrected chi connectivity index (χ0v) is 9.76. The van der Waals surface area contributed by atoms with Crippen molar-refractivity contribution in [3.8, 4) is 0 Å². The summed E-state index contributed by atoms with van der Waals surface area (Å²) in [5, 5.41) is 0. The summed E-state index contributed by atoms with van der Waals surface area (Å²) in [6.07, 6.45) is 0. The Labute approximate surface area is 78.1 Å². The Bertz CT molecular complexity index is 108. The molecular formula is C11H25N. The van der Waals surface area contributed by atoms with E-state index in [0.29, 0.717) is 12.1 Å². The average molecular weight is 171 g/mol. The lowest BCUT2D eigenvalue weighted by Crippen LogP contribution is -2.43. The van der Waals surface area contributed by atoms with Crippen LogP contribution in [0.25, 0.3) is 0 Å². The minimum atomic E-state index is 0.653. The highest BCUT2D eigenvalue weighted by Gasteiger charge is 2.23. The van der Waals surface area contributed by atoms with Gasteiger partial charge in [-0.25, -0.2) is 0 Å². The second-order valence-electron chi connectivity index (χ2n) is 4.74. The van der Waals surface area contributed by atoms with Gasteiger partial charge in [-0.2, -0.15) is 0 Å². The van der Waals surface area contributed by atoms with Crippen LogP contribution in [-0.4, -0.2) is 24.0 Å². The number of nitrogens with zero attached hydrogens (tertiary/aromatic N) is 1. The van der Waals surface area contributed by atoms with Crippen LogP contribution in [0.15, 0.2) is 0 Å². The van der Waals surface area contributed by atoms with Gasteiger partial charge in [-0.15, -0.1) is 0 Å². The van der Waals surface area contributed by atoms with Crippen LogP contribution >= 0.6 is 0 Å². The van der Waals surface area contributed by atoms with E-state index in [1.165, 1.54) is 0 Å². The highest BCUT2D eigenvalue weighted by atomic mass is 15.2. The van der Waals surface area contributed by atoms with Gasteiger partial charge in [0.2, 0.25) is 0 Å². The summed E-state index contributed by atoms with van der Waals surface area (Å²) < 4.78 is 0. The largest absolute Gasteiger partial charge is 0.301 e. The number of rotatable bonds is 4. The molecule has 0 aromatic heterocycles. The van der Waals surface area contributed by atoms with Crippen LogP contribution in [0.4, 0.5) is 0 Å². The van der Waals surface area contributed by atoms with Gasteiger partial charge >= 0.3 is 0 Å². The van der Waals surface area contributed by atoms with Crippen molar-refractivity contribution in [1.29, 1.82) is 0 Å². The molecule has 74 valence electrons. The molecule has 1 nitrogen and oxygen atoms in total. The maximum atomic E-state index is 2.48. The predicted octanol–water partition coefficient (Wildman–Crippen LogP) is 3.01. The molecule has 0 saturated heterocycles. The second-order valence-corrected chi connectivity index (χ2v) is 4.74. The first-order valence-electron chi connectivity index (χ1n) is 5.09. The summed E-state index contributed by atoms with van der Waals surface area (Å²) in [6.45, 7) is 13.8. The van der Waals surface area contributed by atoms with Crippen molar-refractivity contribution >= 4 is 0 Å². The van der Waals surface area contributed by atoms with E-state index in [1.807, 2.05) is 0 Å². The lowest BCUT2D eigenvalue weighted by molar-refractivity contribution is 0.114. The summed E-state index contributed by atoms with van der Waals surface area (Å²) in [4.78, 5) is 2.48. The molecule has 12 heavy (non-hydrogen) atoms. The van der Waals surface area contributed by atoms with Crippen molar-refractivity contribution < 1.29 is 0 Å². The Morgan fingerprint density at radius 2 is 1.08 bits per heavy atom. The number of hydrogen-bond donors (Lipinski definition) is 0. The third-order valence-corrected chi connectivity index (χ3v) is 2.65. The molecule has 0 saturated carbocycles. The molecule has 0 atom stereocenters. The third kappa shape index (κ3) is 3.14. The van der Waals surface area contributed by atoms with Crippen LogP contribution in [0.5, 0.6) is 0 Å². The SMILES string of the molecule is CC(C)C(C(C)C)N(C)C(C)C. The molecule has 1 heteroatoms. The molecule has 0 bridgehead atoms. The number of hydrogen-bond acceptors (Lipinski definition) is 1. The smallest absolute Gasteiger partial charge is 0.0141 e. The van der Waals surface area contributed by atoms with Gasteiger partial charge in [0.15, 0.2) is 0 Å². The molecule has 0 aromatic rings. The van der Waals surface area contributed by atoms with E-state index >= 15 is 0 Å². The molecule has 0 amide bonds. The quantitative estimate of drug-likeness (QED) is 0.628. The second kappa shape index (κ2) is 4.86. The summed E-state index contributed by atoms with van der Waals surface area (Å²) in [6, 6.07) is 1.37. The Morgan fingerprint density at radius 1 is 0.750 bits per heavy atom. The molecule has 0 N–H and O–H groups in total. The molecule has 0 unspecified atom stereocenters. The molecule has 0 radical (unpaired) electrons. The molecule has 0 aromatic carbocycles. The molecule has 0 heterocycles. The normalized spacial score (nSPS) is 13.0. The first-order chi connectivity index (χ1) is 5.37. The van der Waals surface area contributed by atoms with Gasteiger partial charge < -0.3 is 4.90 Å². The molecular weight excluding hydrogens is 146 g/mol. The summed E-state index contributed by atoms with van der Waals surface area (Å²) >= 11 is 0. The van der Waals surface area contributed by atoms with Crippen LogP contribution in [0.3, 0.4) is 0 Å². The van der Waals surface area contributed by atoms with Crippen LogP contribution in [0, 0.1) is 11.8 Å². The van der Waals surface area contributed by atoms with E-state index < -0.39 is 0 Å². The van der Waals surface area contributed by atoms with E-state index in [-0.39, 0.29) is 0 Å². The Hall–Kier alpha value is -0.0400. The summed E-state index contributed by atoms with van der Waals surface area (Å²) in [7, 11) is 2.23. The third-order valence-electron chi connectivity index (χ3n) is 2.65. The van der Waals surface area contributed by atoms with Crippen LogP contribution in [-0.2, 0) is 0 Å². The van der Waals surface area contributed by atoms with Crippen molar-refractivity contribution in [3.63, 3.8) is 0 Å². The first-order valence-corrected chi connectivity index (χ1v) is 5.09. The van der Waals surface area contributed by atoms with Crippen molar-refractivity contribution in [1.82, 2.24) is 4.90 Å². The molecule has 0 fully saturated rings. The van der Waals surface area contributed by atoms with Crippen LogP contribution < -0.4 is 0 Å². The molecule has 0 rings (SSSR count). The first kappa shape index (κ1) is 12.0. The minimum Gasteiger partial charge on any atom is -0.301 e. The average Bonchev–Trinajstić information content (AvgIpc) is 1.85. The van der Waals surface area contributed by atoms with Crippen molar-refractivity contribution in [2.45, 2.75) is 53.6 Å². The zero-order chi connectivity index (χ0) is 9.89. The molecule has 0 spiro atoms. The standard InChI is InChI=1S/C11H25N/c1-8(2)11(9(3)4)12(7)10(5)6/h8-11H,1-7H3. The maximum absolute atomic E-state index is 2.48. The molecule has 0 aliphatic rings. The van der Waals surface area contributed by atoms with Gasteiger partial charge in [-0.1, -0.05) is 27.7 Å². The Balaban J connectivity index is 4.30. The highest BCUT2D eigenvalue weighted by molar-refractivity contribution is 4.77. The minimum absolute atomic E-state index is 0.653. The summed E-state index contributed by atoms with van der Waals surface area (Å²) in [5.74, 6) is 1.50. The van der Waals surface area contributed by atoms with Gasteiger partial charge in [0, 0.05) is 12.1 Å². The predicted molar refractivity (Wildman–Crippen MR) is 56.4 cm³/mol. The van der Waals surface area contributed by atoms with Crippen LogP contribution in [0.1, 0.15) is 41.5 Å². The Morgan fingerprint density at radius 3 is 1.17 bits per heavy atom. The fourth-order valence-corrected chi connectivity index (χ4v) is 2.05. The van der Waals surface area contributed by atoms with Gasteiger partial charge in [0.1, 0.15) is 0 Å². The van der Waals surface area contributed by atoms with Gasteiger partial charge in [-0.05, 0) is 32.7 Å². The van der Waals surface area contributed by atoms with Gasteiger partial charge in [0.05, 0.1) is 0 Å². The van der Waals surface area contributed by atoms with Crippen molar-refractivity contribution in [2.75, 3.05) is 7.05 Å². The lowest BCUT2D eigenvalue weighted by atomic mass is 9.91. The van der Waals surface area contributed by atoms with E-state index in [0.717, 1.165) is 11.8 Å². The molecule has 0 aliphatic heterocycles. The van der Waals surface area contributed by atoms with E-state index in [4.69, 9.17) is 0 Å². The lowest BCUT2D eigenvalue weighted by Gasteiger charge is -2.37. The van der Waals surface area contributed by atoms with E-state index in [9.17, 15) is 0 Å². The van der Waals surface area contributed by atoms with E-state index in [1.54, 1.807) is 0 Å². The topological polar surface area (TPSA) is 3.24 Å². The van der Waals surface area contributed by atoms with Crippen LogP contribution in [0.2, 0.25) is 0 Å². The maximum Gasteiger partial charge on any atom is 0.0141 e. The fraction of sp³-hybridized carbons (Fsp3) is 1.00. The van der Waals surface area contributed by atoms with Gasteiger partial charge in [0.25, 0.3) is 0 Å². The monoisotopic (exact) mass is 171 g/mol. The van der Waals surface area contributed by atoms with Crippen molar-refractivity contribution in [3.05, 3.63) is 0 Å². The molecule has 0 aliphatic carbocycles. The Kier molecular flexibility index (Phi) is 4.84. The fourth-order valence-electron chi connectivity index (χ4n) is 2.05. The highest BCUT2D eigenvalue weighted by Crippen LogP contribution is 2.19. The van der Waals surface area contributed by atoms with Gasteiger partial charge in [-0.3, -0.25) is 0 Å².